The van der Waals surface area contributed by atoms with E-state index < -0.39 is 9.84 Å². The minimum Gasteiger partial charge on any atom is -0.327 e. The molecule has 2 rings (SSSR count). The minimum atomic E-state index is -2.98. The second kappa shape index (κ2) is 6.22. The van der Waals surface area contributed by atoms with E-state index in [1.165, 1.54) is 18.4 Å². The number of halogens is 1. The first-order chi connectivity index (χ1) is 9.36. The Hall–Kier alpha value is -0.940. The zero-order valence-corrected chi connectivity index (χ0v) is 12.6. The third kappa shape index (κ3) is 4.03. The Labute approximate surface area is 120 Å². The van der Waals surface area contributed by atoms with Crippen LogP contribution in [0.3, 0.4) is 0 Å². The molecule has 0 amide bonds. The van der Waals surface area contributed by atoms with Crippen molar-refractivity contribution in [1.29, 1.82) is 0 Å². The van der Waals surface area contributed by atoms with Crippen LogP contribution in [0.25, 0.3) is 0 Å². The van der Waals surface area contributed by atoms with Gasteiger partial charge in [-0.25, -0.2) is 12.8 Å². The Morgan fingerprint density at radius 1 is 1.30 bits per heavy atom. The van der Waals surface area contributed by atoms with Gasteiger partial charge in [-0.15, -0.1) is 0 Å². The lowest BCUT2D eigenvalue weighted by atomic mass is 9.82. The van der Waals surface area contributed by atoms with Crippen molar-refractivity contribution in [1.82, 2.24) is 0 Å². The van der Waals surface area contributed by atoms with Gasteiger partial charge in [0, 0.05) is 12.3 Å². The molecule has 5 heteroatoms. The van der Waals surface area contributed by atoms with Crippen LogP contribution >= 0.6 is 0 Å². The lowest BCUT2D eigenvalue weighted by Gasteiger charge is -2.32. The molecule has 112 valence electrons. The molecule has 0 radical (unpaired) electrons. The molecule has 0 spiro atoms. The van der Waals surface area contributed by atoms with Gasteiger partial charge in [0.25, 0.3) is 0 Å². The van der Waals surface area contributed by atoms with Crippen LogP contribution in [0.4, 0.5) is 4.39 Å². The van der Waals surface area contributed by atoms with Gasteiger partial charge < -0.3 is 5.73 Å². The summed E-state index contributed by atoms with van der Waals surface area (Å²) < 4.78 is 36.2. The van der Waals surface area contributed by atoms with Gasteiger partial charge in [0.05, 0.1) is 5.25 Å². The van der Waals surface area contributed by atoms with E-state index >= 15 is 0 Å². The number of rotatable bonds is 4. The Kier molecular flexibility index (Phi) is 4.81. The molecule has 1 saturated carbocycles. The lowest BCUT2D eigenvalue weighted by Crippen LogP contribution is -2.38. The van der Waals surface area contributed by atoms with Crippen molar-refractivity contribution >= 4 is 9.84 Å². The summed E-state index contributed by atoms with van der Waals surface area (Å²) in [5.41, 5.74) is 7.24. The minimum absolute atomic E-state index is 0.0648. The summed E-state index contributed by atoms with van der Waals surface area (Å²) in [7, 11) is -2.98. The van der Waals surface area contributed by atoms with Gasteiger partial charge in [-0.1, -0.05) is 18.6 Å². The van der Waals surface area contributed by atoms with Crippen molar-refractivity contribution in [2.24, 2.45) is 11.7 Å². The van der Waals surface area contributed by atoms with E-state index in [0.29, 0.717) is 12.8 Å². The SMILES string of the molecule is CS(=O)(=O)C1CCCC(C(N)Cc2ccc(F)cc2)C1. The second-order valence-corrected chi connectivity index (χ2v) is 8.20. The van der Waals surface area contributed by atoms with Gasteiger partial charge in [0.2, 0.25) is 0 Å². The standard InChI is InChI=1S/C15H22FNO2S/c1-20(18,19)14-4-2-3-12(10-14)15(17)9-11-5-7-13(16)8-6-11/h5-8,12,14-15H,2-4,9-10,17H2,1H3. The highest BCUT2D eigenvalue weighted by Crippen LogP contribution is 2.31. The average Bonchev–Trinajstić information content (AvgIpc) is 2.40. The molecule has 0 aromatic heterocycles. The van der Waals surface area contributed by atoms with Gasteiger partial charge in [-0.2, -0.15) is 0 Å². The number of hydrogen-bond acceptors (Lipinski definition) is 3. The predicted octanol–water partition coefficient (Wildman–Crippen LogP) is 2.30. The molecular formula is C15H22FNO2S. The van der Waals surface area contributed by atoms with E-state index in [-0.39, 0.29) is 23.0 Å². The first kappa shape index (κ1) is 15.4. The molecule has 2 N–H and O–H groups in total. The summed E-state index contributed by atoms with van der Waals surface area (Å²) in [6.45, 7) is 0. The van der Waals surface area contributed by atoms with Gasteiger partial charge in [0.1, 0.15) is 15.7 Å². The number of nitrogens with two attached hydrogens (primary N) is 1. The third-order valence-electron chi connectivity index (χ3n) is 4.26. The number of benzene rings is 1. The van der Waals surface area contributed by atoms with Crippen molar-refractivity contribution in [3.05, 3.63) is 35.6 Å². The Morgan fingerprint density at radius 2 is 1.95 bits per heavy atom. The first-order valence-corrected chi connectivity index (χ1v) is 9.00. The summed E-state index contributed by atoms with van der Waals surface area (Å²) in [5.74, 6) is -0.0225. The number of hydrogen-bond donors (Lipinski definition) is 1. The molecule has 1 aliphatic carbocycles. The molecule has 1 fully saturated rings. The van der Waals surface area contributed by atoms with Crippen molar-refractivity contribution in [2.45, 2.75) is 43.4 Å². The summed E-state index contributed by atoms with van der Waals surface area (Å²) in [5, 5.41) is -0.250. The van der Waals surface area contributed by atoms with Gasteiger partial charge in [-0.05, 0) is 49.3 Å². The largest absolute Gasteiger partial charge is 0.327 e. The van der Waals surface area contributed by atoms with Crippen LogP contribution in [0.15, 0.2) is 24.3 Å². The Balaban J connectivity index is 1.98. The summed E-state index contributed by atoms with van der Waals surface area (Å²) in [6, 6.07) is 6.28. The van der Waals surface area contributed by atoms with Crippen LogP contribution < -0.4 is 5.73 Å². The highest BCUT2D eigenvalue weighted by Gasteiger charge is 2.31. The normalized spacial score (nSPS) is 25.4. The van der Waals surface area contributed by atoms with Crippen molar-refractivity contribution in [2.75, 3.05) is 6.26 Å². The molecule has 0 heterocycles. The van der Waals surface area contributed by atoms with Gasteiger partial charge in [-0.3, -0.25) is 0 Å². The van der Waals surface area contributed by atoms with Crippen molar-refractivity contribution < 1.29 is 12.8 Å². The van der Waals surface area contributed by atoms with Crippen LogP contribution in [0, 0.1) is 11.7 Å². The molecule has 1 aromatic rings. The molecule has 3 atom stereocenters. The summed E-state index contributed by atoms with van der Waals surface area (Å²) in [6.07, 6.45) is 5.28. The molecule has 1 aliphatic rings. The van der Waals surface area contributed by atoms with Gasteiger partial charge >= 0.3 is 0 Å². The fraction of sp³-hybridized carbons (Fsp3) is 0.600. The van der Waals surface area contributed by atoms with Crippen LogP contribution in [0.2, 0.25) is 0 Å². The maximum absolute atomic E-state index is 12.9. The van der Waals surface area contributed by atoms with Crippen molar-refractivity contribution in [3.63, 3.8) is 0 Å². The first-order valence-electron chi connectivity index (χ1n) is 7.05. The van der Waals surface area contributed by atoms with Crippen LogP contribution in [0.1, 0.15) is 31.2 Å². The van der Waals surface area contributed by atoms with Gasteiger partial charge in [0.15, 0.2) is 0 Å². The van der Waals surface area contributed by atoms with Crippen LogP contribution in [0.5, 0.6) is 0 Å². The van der Waals surface area contributed by atoms with E-state index in [2.05, 4.69) is 0 Å². The van der Waals surface area contributed by atoms with E-state index in [1.807, 2.05) is 0 Å². The molecule has 3 unspecified atom stereocenters. The van der Waals surface area contributed by atoms with Crippen LogP contribution in [-0.2, 0) is 16.3 Å². The van der Waals surface area contributed by atoms with E-state index in [1.54, 1.807) is 12.1 Å². The maximum Gasteiger partial charge on any atom is 0.150 e. The lowest BCUT2D eigenvalue weighted by molar-refractivity contribution is 0.304. The monoisotopic (exact) mass is 299 g/mol. The van der Waals surface area contributed by atoms with Crippen LogP contribution in [-0.4, -0.2) is 26.0 Å². The van der Waals surface area contributed by atoms with E-state index in [4.69, 9.17) is 5.73 Å². The molecule has 0 bridgehead atoms. The smallest absolute Gasteiger partial charge is 0.150 e. The quantitative estimate of drug-likeness (QED) is 0.928. The second-order valence-electron chi connectivity index (χ2n) is 5.87. The summed E-state index contributed by atoms with van der Waals surface area (Å²) in [4.78, 5) is 0. The Morgan fingerprint density at radius 3 is 2.55 bits per heavy atom. The average molecular weight is 299 g/mol. The van der Waals surface area contributed by atoms with E-state index in [0.717, 1.165) is 24.8 Å². The summed E-state index contributed by atoms with van der Waals surface area (Å²) >= 11 is 0. The predicted molar refractivity (Wildman–Crippen MR) is 78.7 cm³/mol. The van der Waals surface area contributed by atoms with Crippen molar-refractivity contribution in [3.8, 4) is 0 Å². The van der Waals surface area contributed by atoms with E-state index in [9.17, 15) is 12.8 Å². The maximum atomic E-state index is 12.9. The zero-order valence-electron chi connectivity index (χ0n) is 11.8. The molecule has 20 heavy (non-hydrogen) atoms. The fourth-order valence-electron chi connectivity index (χ4n) is 3.02. The zero-order chi connectivity index (χ0) is 14.8. The highest BCUT2D eigenvalue weighted by molar-refractivity contribution is 7.91. The fourth-order valence-corrected chi connectivity index (χ4v) is 4.21. The third-order valence-corrected chi connectivity index (χ3v) is 5.90. The number of sulfone groups is 1. The highest BCUT2D eigenvalue weighted by atomic mass is 32.2. The topological polar surface area (TPSA) is 60.2 Å². The molecule has 1 aromatic carbocycles. The molecule has 3 nitrogen and oxygen atoms in total. The molecule has 0 aliphatic heterocycles. The molecule has 0 saturated heterocycles. The Bertz CT molecular complexity index is 541. The molecular weight excluding hydrogens is 277 g/mol.